The van der Waals surface area contributed by atoms with E-state index < -0.39 is 97.5 Å². The Morgan fingerprint density at radius 1 is 0.311 bits per heavy atom. The van der Waals surface area contributed by atoms with E-state index in [1.807, 2.05) is 0 Å². The van der Waals surface area contributed by atoms with Gasteiger partial charge in [0, 0.05) is 25.7 Å². The van der Waals surface area contributed by atoms with E-state index in [0.29, 0.717) is 25.7 Å². The van der Waals surface area contributed by atoms with Gasteiger partial charge in [0.2, 0.25) is 0 Å². The van der Waals surface area contributed by atoms with Crippen LogP contribution in [-0.2, 0) is 65.4 Å². The minimum Gasteiger partial charge on any atom is -0.462 e. The highest BCUT2D eigenvalue weighted by molar-refractivity contribution is 7.47. The highest BCUT2D eigenvalue weighted by Crippen LogP contribution is 2.45. The molecule has 19 heteroatoms. The van der Waals surface area contributed by atoms with Crippen LogP contribution in [-0.4, -0.2) is 96.7 Å². The van der Waals surface area contributed by atoms with Gasteiger partial charge in [0.25, 0.3) is 0 Å². The van der Waals surface area contributed by atoms with Gasteiger partial charge in [-0.25, -0.2) is 9.13 Å². The number of carbonyl (C=O) groups excluding carboxylic acids is 4. The van der Waals surface area contributed by atoms with Crippen LogP contribution in [0, 0.1) is 23.7 Å². The molecule has 7 atom stereocenters. The molecule has 0 bridgehead atoms. The van der Waals surface area contributed by atoms with Gasteiger partial charge in [0.05, 0.1) is 26.4 Å². The predicted molar refractivity (Wildman–Crippen MR) is 363 cm³/mol. The number of aliphatic hydroxyl groups excluding tert-OH is 1. The highest BCUT2D eigenvalue weighted by Gasteiger charge is 2.30. The summed E-state index contributed by atoms with van der Waals surface area (Å²) in [5, 5.41) is 10.6. The molecule has 0 saturated carbocycles. The lowest BCUT2D eigenvalue weighted by Gasteiger charge is -2.21. The number of ether oxygens (including phenoxy) is 4. The Morgan fingerprint density at radius 2 is 0.533 bits per heavy atom. The molecule has 0 aliphatic carbocycles. The molecule has 3 N–H and O–H groups in total. The first-order valence-electron chi connectivity index (χ1n) is 36.8. The summed E-state index contributed by atoms with van der Waals surface area (Å²) >= 11 is 0. The molecule has 0 heterocycles. The molecule has 0 fully saturated rings. The zero-order chi connectivity index (χ0) is 66.8. The first-order chi connectivity index (χ1) is 43.2. The van der Waals surface area contributed by atoms with Crippen LogP contribution in [0.5, 0.6) is 0 Å². The molecule has 17 nitrogen and oxygen atoms in total. The van der Waals surface area contributed by atoms with Crippen LogP contribution >= 0.6 is 15.6 Å². The van der Waals surface area contributed by atoms with E-state index in [2.05, 4.69) is 55.4 Å². The van der Waals surface area contributed by atoms with E-state index in [1.165, 1.54) is 148 Å². The number of hydrogen-bond donors (Lipinski definition) is 3. The second-order valence-electron chi connectivity index (χ2n) is 27.1. The molecule has 90 heavy (non-hydrogen) atoms. The van der Waals surface area contributed by atoms with Crippen LogP contribution in [0.4, 0.5) is 0 Å². The van der Waals surface area contributed by atoms with Crippen molar-refractivity contribution in [1.29, 1.82) is 0 Å². The fraction of sp³-hybridized carbons (Fsp3) is 0.944. The van der Waals surface area contributed by atoms with Crippen molar-refractivity contribution >= 4 is 39.5 Å². The summed E-state index contributed by atoms with van der Waals surface area (Å²) in [6.07, 6.45) is 43.1. The largest absolute Gasteiger partial charge is 0.472 e. The maximum Gasteiger partial charge on any atom is 0.472 e. The van der Waals surface area contributed by atoms with Gasteiger partial charge >= 0.3 is 39.5 Å². The molecule has 0 aliphatic heterocycles. The molecule has 534 valence electrons. The van der Waals surface area contributed by atoms with E-state index in [-0.39, 0.29) is 25.7 Å². The molecule has 0 rings (SSSR count). The van der Waals surface area contributed by atoms with Crippen LogP contribution in [0.25, 0.3) is 0 Å². The van der Waals surface area contributed by atoms with Crippen molar-refractivity contribution in [3.8, 4) is 0 Å². The molecule has 0 saturated heterocycles. The zero-order valence-corrected chi connectivity index (χ0v) is 60.6. The summed E-state index contributed by atoms with van der Waals surface area (Å²) in [7, 11) is -9.90. The molecule has 0 aromatic heterocycles. The molecular weight excluding hydrogens is 1190 g/mol. The fourth-order valence-corrected chi connectivity index (χ4v) is 12.2. The number of aliphatic hydroxyl groups is 1. The molecule has 4 unspecified atom stereocenters. The molecular formula is C71H138O17P2. The maximum atomic E-state index is 13.0. The summed E-state index contributed by atoms with van der Waals surface area (Å²) < 4.78 is 68.3. The summed E-state index contributed by atoms with van der Waals surface area (Å²) in [5.41, 5.74) is 0. The first-order valence-corrected chi connectivity index (χ1v) is 39.8. The van der Waals surface area contributed by atoms with Crippen molar-refractivity contribution in [1.82, 2.24) is 0 Å². The molecule has 0 aliphatic rings. The monoisotopic (exact) mass is 1320 g/mol. The van der Waals surface area contributed by atoms with Gasteiger partial charge in [-0.3, -0.25) is 37.3 Å². The molecule has 0 radical (unpaired) electrons. The lowest BCUT2D eigenvalue weighted by Crippen LogP contribution is -2.30. The van der Waals surface area contributed by atoms with E-state index >= 15 is 0 Å². The minimum atomic E-state index is -4.95. The van der Waals surface area contributed by atoms with Crippen LogP contribution in [0.2, 0.25) is 0 Å². The number of phosphoric ester groups is 2. The van der Waals surface area contributed by atoms with Crippen molar-refractivity contribution in [2.45, 2.75) is 369 Å². The number of esters is 4. The smallest absolute Gasteiger partial charge is 0.462 e. The Labute approximate surface area is 549 Å². The second-order valence-corrected chi connectivity index (χ2v) is 30.0. The van der Waals surface area contributed by atoms with Crippen molar-refractivity contribution < 1.29 is 80.2 Å². The van der Waals surface area contributed by atoms with Gasteiger partial charge in [-0.1, -0.05) is 299 Å². The summed E-state index contributed by atoms with van der Waals surface area (Å²) in [6.45, 7) is 14.1. The summed E-state index contributed by atoms with van der Waals surface area (Å²) in [6, 6.07) is 0. The van der Waals surface area contributed by atoms with Crippen molar-refractivity contribution in [2.75, 3.05) is 39.6 Å². The highest BCUT2D eigenvalue weighted by atomic mass is 31.2. The number of hydrogen-bond acceptors (Lipinski definition) is 15. The molecule has 0 amide bonds. The van der Waals surface area contributed by atoms with Gasteiger partial charge in [0.1, 0.15) is 19.3 Å². The molecule has 0 spiro atoms. The Bertz CT molecular complexity index is 1790. The molecule has 0 aromatic rings. The normalized spacial score (nSPS) is 14.9. The standard InChI is InChI=1S/C71H138O17P2/c1-9-63(7)49-41-33-25-17-15-13-11-12-14-16-18-27-37-45-53-70(75)87-66(57-81-68(73)51-43-35-26-21-19-23-31-39-47-61(3)4)59-85-89(77,78)83-55-65(72)56-84-90(79,80)86-60-67(58-82-69(74)52-44-36-30-29-34-42-50-64(8)10-2)88-71(76)54-46-38-28-22-20-24-32-40-48-62(5)6/h61-67,72H,9-60H2,1-8H3,(H,77,78)(H,79,80)/t63?,64?,65-,66-,67-/m1/s1. The van der Waals surface area contributed by atoms with Crippen molar-refractivity contribution in [3.05, 3.63) is 0 Å². The third kappa shape index (κ3) is 62.2. The Hall–Kier alpha value is -1.94. The van der Waals surface area contributed by atoms with E-state index in [9.17, 15) is 43.2 Å². The molecule has 0 aromatic carbocycles. The van der Waals surface area contributed by atoms with Gasteiger partial charge in [-0.05, 0) is 49.4 Å². The topological polar surface area (TPSA) is 237 Å². The van der Waals surface area contributed by atoms with Gasteiger partial charge in [-0.15, -0.1) is 0 Å². The second kappa shape index (κ2) is 60.7. The number of phosphoric acid groups is 2. The zero-order valence-electron chi connectivity index (χ0n) is 58.8. The number of carbonyl (C=O) groups is 4. The van der Waals surface area contributed by atoms with Gasteiger partial charge < -0.3 is 33.8 Å². The van der Waals surface area contributed by atoms with Gasteiger partial charge in [0.15, 0.2) is 12.2 Å². The lowest BCUT2D eigenvalue weighted by atomic mass is 9.99. The van der Waals surface area contributed by atoms with Crippen LogP contribution in [0.1, 0.15) is 351 Å². The lowest BCUT2D eigenvalue weighted by molar-refractivity contribution is -0.161. The predicted octanol–water partition coefficient (Wildman–Crippen LogP) is 20.1. The Morgan fingerprint density at radius 3 is 0.789 bits per heavy atom. The Kier molecular flexibility index (Phi) is 59.4. The maximum absolute atomic E-state index is 13.0. The van der Waals surface area contributed by atoms with Crippen LogP contribution in [0.15, 0.2) is 0 Å². The number of rotatable bonds is 68. The summed E-state index contributed by atoms with van der Waals surface area (Å²) in [4.78, 5) is 72.5. The fourth-order valence-electron chi connectivity index (χ4n) is 10.6. The van der Waals surface area contributed by atoms with Crippen LogP contribution in [0.3, 0.4) is 0 Å². The van der Waals surface area contributed by atoms with E-state index in [0.717, 1.165) is 120 Å². The average Bonchev–Trinajstić information content (AvgIpc) is 3.67. The minimum absolute atomic E-state index is 0.103. The number of unbranched alkanes of at least 4 members (excludes halogenated alkanes) is 32. The average molecular weight is 1330 g/mol. The third-order valence-corrected chi connectivity index (χ3v) is 18.9. The quantitative estimate of drug-likeness (QED) is 0.0222. The SMILES string of the molecule is CCC(C)CCCCCCCCCCCCCCCCC(=O)O[C@H](COC(=O)CCCCCCCCCCC(C)C)COP(=O)(O)OC[C@@H](O)COP(=O)(O)OC[C@@H](COC(=O)CCCCCCCCC(C)CC)OC(=O)CCCCCCCCCCC(C)C. The summed E-state index contributed by atoms with van der Waals surface area (Å²) in [5.74, 6) is 0.890. The van der Waals surface area contributed by atoms with Crippen LogP contribution < -0.4 is 0 Å². The van der Waals surface area contributed by atoms with Crippen molar-refractivity contribution in [3.63, 3.8) is 0 Å². The first kappa shape index (κ1) is 88.1. The third-order valence-electron chi connectivity index (χ3n) is 17.0. The van der Waals surface area contributed by atoms with E-state index in [1.54, 1.807) is 0 Å². The van der Waals surface area contributed by atoms with Gasteiger partial charge in [-0.2, -0.15) is 0 Å². The van der Waals surface area contributed by atoms with Crippen molar-refractivity contribution in [2.24, 2.45) is 23.7 Å². The Balaban J connectivity index is 5.23. The van der Waals surface area contributed by atoms with E-state index in [4.69, 9.17) is 37.0 Å².